The van der Waals surface area contributed by atoms with Gasteiger partial charge in [0, 0.05) is 17.6 Å². The smallest absolute Gasteiger partial charge is 0.294 e. The zero-order chi connectivity index (χ0) is 20.0. The number of para-hydroxylation sites is 1. The minimum Gasteiger partial charge on any atom is -0.360 e. The van der Waals surface area contributed by atoms with Crippen LogP contribution in [0.15, 0.2) is 65.2 Å². The minimum absolute atomic E-state index is 0.138. The number of carbonyl (C=O) groups excluding carboxylic acids is 1. The van der Waals surface area contributed by atoms with E-state index in [4.69, 9.17) is 4.55 Å². The summed E-state index contributed by atoms with van der Waals surface area (Å²) in [5, 5.41) is 14.7. The van der Waals surface area contributed by atoms with E-state index in [9.17, 15) is 18.5 Å². The molecular weight excluding hydrogens is 366 g/mol. The topological polar surface area (TPSA) is 119 Å². The van der Waals surface area contributed by atoms with Crippen LogP contribution in [0.4, 0.5) is 11.4 Å². The molecule has 0 unspecified atom stereocenters. The second-order valence-electron chi connectivity index (χ2n) is 6.01. The fourth-order valence-electron chi connectivity index (χ4n) is 2.36. The molecule has 0 saturated heterocycles. The van der Waals surface area contributed by atoms with Crippen LogP contribution in [0.5, 0.6) is 0 Å². The van der Waals surface area contributed by atoms with Gasteiger partial charge in [-0.15, -0.1) is 0 Å². The van der Waals surface area contributed by atoms with Gasteiger partial charge in [-0.3, -0.25) is 9.35 Å². The van der Waals surface area contributed by atoms with Crippen molar-refractivity contribution >= 4 is 27.4 Å². The van der Waals surface area contributed by atoms with Crippen molar-refractivity contribution in [2.75, 3.05) is 10.6 Å². The van der Waals surface area contributed by atoms with E-state index >= 15 is 0 Å². The van der Waals surface area contributed by atoms with Crippen LogP contribution >= 0.6 is 0 Å². The first-order valence-corrected chi connectivity index (χ1v) is 9.51. The van der Waals surface area contributed by atoms with Crippen molar-refractivity contribution in [2.45, 2.75) is 24.7 Å². The lowest BCUT2D eigenvalue weighted by Crippen LogP contribution is -2.15. The number of hydrogen-bond donors (Lipinski definition) is 3. The second-order valence-corrected chi connectivity index (χ2v) is 7.43. The molecule has 1 amide bonds. The molecule has 140 valence electrons. The lowest BCUT2D eigenvalue weighted by Gasteiger charge is -2.12. The molecule has 0 saturated carbocycles. The molecule has 0 bridgehead atoms. The average molecular weight is 385 g/mol. The number of nitrogens with one attached hydrogen (secondary N) is 2. The third-order valence-corrected chi connectivity index (χ3v) is 4.56. The van der Waals surface area contributed by atoms with Crippen LogP contribution in [-0.2, 0) is 14.9 Å². The zero-order valence-corrected chi connectivity index (χ0v) is 15.6. The van der Waals surface area contributed by atoms with Gasteiger partial charge in [0.15, 0.2) is 0 Å². The van der Waals surface area contributed by atoms with Crippen molar-refractivity contribution in [1.29, 1.82) is 5.26 Å². The third-order valence-electron chi connectivity index (χ3n) is 3.71. The van der Waals surface area contributed by atoms with E-state index in [1.165, 1.54) is 24.4 Å². The number of benzene rings is 2. The minimum atomic E-state index is -4.39. The highest BCUT2D eigenvalue weighted by molar-refractivity contribution is 7.85. The molecule has 0 atom stereocenters. The Labute approximate surface area is 158 Å². The molecule has 0 aliphatic heterocycles. The Balaban J connectivity index is 2.20. The molecule has 0 radical (unpaired) electrons. The average Bonchev–Trinajstić information content (AvgIpc) is 2.62. The number of anilines is 2. The molecule has 7 nitrogen and oxygen atoms in total. The number of nitriles is 1. The van der Waals surface area contributed by atoms with Crippen LogP contribution in [0.3, 0.4) is 0 Å². The molecule has 8 heteroatoms. The van der Waals surface area contributed by atoms with E-state index in [0.717, 1.165) is 17.3 Å². The van der Waals surface area contributed by atoms with Crippen molar-refractivity contribution in [3.8, 4) is 6.07 Å². The summed E-state index contributed by atoms with van der Waals surface area (Å²) < 4.78 is 31.4. The van der Waals surface area contributed by atoms with E-state index in [0.29, 0.717) is 0 Å². The van der Waals surface area contributed by atoms with Gasteiger partial charge in [-0.25, -0.2) is 0 Å². The van der Waals surface area contributed by atoms with Gasteiger partial charge in [-0.05, 0) is 35.7 Å². The molecule has 0 aliphatic rings. The highest BCUT2D eigenvalue weighted by atomic mass is 32.2. The number of amides is 1. The van der Waals surface area contributed by atoms with E-state index in [1.807, 2.05) is 38.1 Å². The Hall–Kier alpha value is -3.15. The summed E-state index contributed by atoms with van der Waals surface area (Å²) in [6, 6.07) is 14.5. The van der Waals surface area contributed by atoms with Gasteiger partial charge in [-0.1, -0.05) is 38.1 Å². The second kappa shape index (κ2) is 8.49. The standard InChI is InChI=1S/C19H19N3O4S/c1-13(2)17-8-3-4-9-18(17)21-12-14(11-20)19(23)22-15-6-5-7-16(10-15)27(24,25)26/h3-10,12-13,21H,1-2H3,(H,22,23)(H,24,25,26)/b14-12-. The summed E-state index contributed by atoms with van der Waals surface area (Å²) >= 11 is 0. The van der Waals surface area contributed by atoms with Crippen molar-refractivity contribution < 1.29 is 17.8 Å². The van der Waals surface area contributed by atoms with Crippen molar-refractivity contribution in [2.24, 2.45) is 0 Å². The molecule has 0 heterocycles. The summed E-state index contributed by atoms with van der Waals surface area (Å²) in [6.07, 6.45) is 1.29. The monoisotopic (exact) mass is 385 g/mol. The van der Waals surface area contributed by atoms with E-state index in [-0.39, 0.29) is 22.1 Å². The van der Waals surface area contributed by atoms with Crippen LogP contribution in [0.1, 0.15) is 25.3 Å². The predicted molar refractivity (Wildman–Crippen MR) is 103 cm³/mol. The summed E-state index contributed by atoms with van der Waals surface area (Å²) in [4.78, 5) is 11.9. The van der Waals surface area contributed by atoms with E-state index in [1.54, 1.807) is 6.07 Å². The SMILES string of the molecule is CC(C)c1ccccc1N/C=C(/C#N)C(=O)Nc1cccc(S(=O)(=O)O)c1. The van der Waals surface area contributed by atoms with Gasteiger partial charge in [0.1, 0.15) is 11.6 Å². The number of nitrogens with zero attached hydrogens (tertiary/aromatic N) is 1. The Bertz CT molecular complexity index is 1020. The first-order chi connectivity index (χ1) is 12.7. The molecule has 27 heavy (non-hydrogen) atoms. The normalized spacial score (nSPS) is 11.7. The lowest BCUT2D eigenvalue weighted by atomic mass is 10.0. The molecule has 2 aromatic carbocycles. The highest BCUT2D eigenvalue weighted by Crippen LogP contribution is 2.24. The van der Waals surface area contributed by atoms with Gasteiger partial charge in [0.2, 0.25) is 0 Å². The molecule has 0 aromatic heterocycles. The Morgan fingerprint density at radius 1 is 1.19 bits per heavy atom. The Morgan fingerprint density at radius 3 is 2.52 bits per heavy atom. The van der Waals surface area contributed by atoms with Crippen molar-refractivity contribution in [3.05, 3.63) is 65.9 Å². The maximum Gasteiger partial charge on any atom is 0.294 e. The van der Waals surface area contributed by atoms with Gasteiger partial charge in [0.25, 0.3) is 16.0 Å². The summed E-state index contributed by atoms with van der Waals surface area (Å²) in [5.74, 6) is -0.454. The van der Waals surface area contributed by atoms with Crippen molar-refractivity contribution in [3.63, 3.8) is 0 Å². The number of hydrogen-bond acceptors (Lipinski definition) is 5. The molecule has 3 N–H and O–H groups in total. The van der Waals surface area contributed by atoms with Crippen molar-refractivity contribution in [1.82, 2.24) is 0 Å². The van der Waals surface area contributed by atoms with Gasteiger partial charge >= 0.3 is 0 Å². The van der Waals surface area contributed by atoms with Gasteiger partial charge < -0.3 is 10.6 Å². The summed E-state index contributed by atoms with van der Waals surface area (Å²) in [6.45, 7) is 4.06. The molecule has 2 aromatic rings. The molecule has 0 fully saturated rings. The quantitative estimate of drug-likeness (QED) is 0.398. The van der Waals surface area contributed by atoms with Crippen LogP contribution in [-0.4, -0.2) is 18.9 Å². The summed E-state index contributed by atoms with van der Waals surface area (Å²) in [5.41, 5.74) is 1.76. The zero-order valence-electron chi connectivity index (χ0n) is 14.8. The van der Waals surface area contributed by atoms with Gasteiger partial charge in [0.05, 0.1) is 4.90 Å². The molecule has 2 rings (SSSR count). The molecular formula is C19H19N3O4S. The van der Waals surface area contributed by atoms with E-state index in [2.05, 4.69) is 10.6 Å². The Morgan fingerprint density at radius 2 is 1.89 bits per heavy atom. The van der Waals surface area contributed by atoms with E-state index < -0.39 is 16.0 Å². The van der Waals surface area contributed by atoms with Crippen LogP contribution in [0, 0.1) is 11.3 Å². The summed E-state index contributed by atoms with van der Waals surface area (Å²) in [7, 11) is -4.39. The number of rotatable bonds is 6. The fourth-order valence-corrected chi connectivity index (χ4v) is 2.89. The maximum atomic E-state index is 12.3. The maximum absolute atomic E-state index is 12.3. The van der Waals surface area contributed by atoms with Crippen LogP contribution in [0.2, 0.25) is 0 Å². The van der Waals surface area contributed by atoms with Gasteiger partial charge in [-0.2, -0.15) is 13.7 Å². The fraction of sp³-hybridized carbons (Fsp3) is 0.158. The third kappa shape index (κ3) is 5.41. The predicted octanol–water partition coefficient (Wildman–Crippen LogP) is 3.51. The Kier molecular flexibility index (Phi) is 6.34. The highest BCUT2D eigenvalue weighted by Gasteiger charge is 2.13. The first kappa shape index (κ1) is 20.2. The first-order valence-electron chi connectivity index (χ1n) is 8.07. The largest absolute Gasteiger partial charge is 0.360 e. The van der Waals surface area contributed by atoms with Crippen LogP contribution in [0.25, 0.3) is 0 Å². The number of carbonyl (C=O) groups is 1. The van der Waals surface area contributed by atoms with Crippen LogP contribution < -0.4 is 10.6 Å². The lowest BCUT2D eigenvalue weighted by molar-refractivity contribution is -0.112. The molecule has 0 spiro atoms. The molecule has 0 aliphatic carbocycles.